The summed E-state index contributed by atoms with van der Waals surface area (Å²) in [6, 6.07) is 14.1. The summed E-state index contributed by atoms with van der Waals surface area (Å²) in [6.45, 7) is -0.417. The monoisotopic (exact) mass is 461 g/mol. The Hall–Kier alpha value is -2.98. The molecule has 0 aromatic heterocycles. The third-order valence-corrected chi connectivity index (χ3v) is 6.86. The predicted octanol–water partition coefficient (Wildman–Crippen LogP) is 3.66. The highest BCUT2D eigenvalue weighted by Crippen LogP contribution is 2.41. The first-order valence-corrected chi connectivity index (χ1v) is 10.3. The van der Waals surface area contributed by atoms with Gasteiger partial charge in [-0.2, -0.15) is 0 Å². The van der Waals surface area contributed by atoms with Crippen LogP contribution >= 0.6 is 15.9 Å². The van der Waals surface area contributed by atoms with Crippen molar-refractivity contribution in [2.24, 2.45) is 0 Å². The molecule has 0 saturated heterocycles. The molecule has 1 aliphatic rings. The normalized spacial score (nSPS) is 14.2. The minimum absolute atomic E-state index is 0.130. The number of halogens is 1. The van der Waals surface area contributed by atoms with Gasteiger partial charge in [0.05, 0.1) is 21.2 Å². The molecule has 1 N–H and O–H groups in total. The zero-order chi connectivity index (χ0) is 20.1. The van der Waals surface area contributed by atoms with Crippen LogP contribution in [-0.2, 0) is 14.8 Å². The maximum atomic E-state index is 12.9. The van der Waals surface area contributed by atoms with E-state index in [-0.39, 0.29) is 10.6 Å². The highest BCUT2D eigenvalue weighted by atomic mass is 79.9. The molecule has 4 rings (SSSR count). The second kappa shape index (κ2) is 6.57. The zero-order valence-corrected chi connectivity index (χ0v) is 16.5. The van der Waals surface area contributed by atoms with Gasteiger partial charge in [0.2, 0.25) is 5.91 Å². The molecule has 0 atom stereocenters. The van der Waals surface area contributed by atoms with Crippen molar-refractivity contribution in [3.05, 3.63) is 69.2 Å². The number of nitrogens with one attached hydrogen (secondary N) is 1. The number of carbonyl (C=O) groups is 1. The number of nitrogens with zero attached hydrogens (tertiary/aromatic N) is 2. The first-order chi connectivity index (χ1) is 13.3. The fourth-order valence-corrected chi connectivity index (χ4v) is 5.30. The van der Waals surface area contributed by atoms with Crippen LogP contribution in [0.5, 0.6) is 0 Å². The Morgan fingerprint density at radius 1 is 1.14 bits per heavy atom. The Labute approximate surface area is 168 Å². The number of nitro benzene ring substituents is 1. The first-order valence-electron chi connectivity index (χ1n) is 8.07. The molecule has 0 bridgehead atoms. The van der Waals surface area contributed by atoms with Crippen LogP contribution in [0.1, 0.15) is 0 Å². The van der Waals surface area contributed by atoms with Crippen molar-refractivity contribution in [2.45, 2.75) is 4.90 Å². The number of sulfonamides is 1. The lowest BCUT2D eigenvalue weighted by Crippen LogP contribution is -2.35. The molecule has 3 aromatic carbocycles. The highest BCUT2D eigenvalue weighted by molar-refractivity contribution is 9.10. The number of non-ortho nitro benzene ring substituents is 1. The van der Waals surface area contributed by atoms with Crippen molar-refractivity contribution < 1.29 is 18.1 Å². The van der Waals surface area contributed by atoms with Gasteiger partial charge in [-0.3, -0.25) is 19.2 Å². The molecule has 1 aliphatic heterocycles. The van der Waals surface area contributed by atoms with E-state index in [1.807, 2.05) is 12.1 Å². The second-order valence-electron chi connectivity index (χ2n) is 6.11. The fourth-order valence-electron chi connectivity index (χ4n) is 3.17. The molecular formula is C18H12BrN3O5S. The van der Waals surface area contributed by atoms with E-state index in [4.69, 9.17) is 0 Å². The number of hydrogen-bond acceptors (Lipinski definition) is 5. The quantitative estimate of drug-likeness (QED) is 0.470. The number of hydrogen-bond donors (Lipinski definition) is 1. The molecule has 1 heterocycles. The average Bonchev–Trinajstić information content (AvgIpc) is 2.87. The summed E-state index contributed by atoms with van der Waals surface area (Å²) in [6.07, 6.45) is 0. The van der Waals surface area contributed by atoms with Crippen molar-refractivity contribution in [2.75, 3.05) is 16.2 Å². The molecular weight excluding hydrogens is 450 g/mol. The SMILES string of the molecule is O=C(CN1c2cccc3cccc(c23)S1(=O)=O)Nc1ccc([N+](=O)[O-])cc1Br. The lowest BCUT2D eigenvalue weighted by molar-refractivity contribution is -0.384. The molecule has 0 radical (unpaired) electrons. The molecule has 28 heavy (non-hydrogen) atoms. The van der Waals surface area contributed by atoms with Gasteiger partial charge in [0, 0.05) is 22.0 Å². The summed E-state index contributed by atoms with van der Waals surface area (Å²) in [5, 5.41) is 14.8. The van der Waals surface area contributed by atoms with Crippen LogP contribution in [0.25, 0.3) is 10.8 Å². The van der Waals surface area contributed by atoms with Gasteiger partial charge in [0.1, 0.15) is 6.54 Å². The molecule has 3 aromatic rings. The summed E-state index contributed by atoms with van der Waals surface area (Å²) in [5.41, 5.74) is 0.628. The molecule has 8 nitrogen and oxygen atoms in total. The Bertz CT molecular complexity index is 1250. The summed E-state index contributed by atoms with van der Waals surface area (Å²) in [5.74, 6) is -0.567. The van der Waals surface area contributed by atoms with Crippen molar-refractivity contribution in [1.29, 1.82) is 0 Å². The Morgan fingerprint density at radius 2 is 1.86 bits per heavy atom. The van der Waals surface area contributed by atoms with E-state index in [1.54, 1.807) is 18.2 Å². The van der Waals surface area contributed by atoms with E-state index in [0.717, 1.165) is 9.69 Å². The van der Waals surface area contributed by atoms with Gasteiger partial charge >= 0.3 is 0 Å². The third-order valence-electron chi connectivity index (χ3n) is 4.41. The summed E-state index contributed by atoms with van der Waals surface area (Å²) >= 11 is 3.18. The standard InChI is InChI=1S/C18H12BrN3O5S/c19-13-9-12(22(24)25)7-8-14(13)20-17(23)10-21-15-5-1-3-11-4-2-6-16(18(11)15)28(21,26)27/h1-9H,10H2,(H,20,23). The van der Waals surface area contributed by atoms with Crippen LogP contribution in [-0.4, -0.2) is 25.8 Å². The van der Waals surface area contributed by atoms with Gasteiger partial charge in [-0.05, 0) is 39.5 Å². The molecule has 0 aliphatic carbocycles. The molecule has 0 spiro atoms. The Morgan fingerprint density at radius 3 is 2.54 bits per heavy atom. The maximum Gasteiger partial charge on any atom is 0.270 e. The second-order valence-corrected chi connectivity index (χ2v) is 8.80. The average molecular weight is 462 g/mol. The number of benzene rings is 3. The first kappa shape index (κ1) is 18.4. The van der Waals surface area contributed by atoms with Crippen molar-refractivity contribution in [1.82, 2.24) is 0 Å². The molecule has 10 heteroatoms. The number of rotatable bonds is 4. The van der Waals surface area contributed by atoms with Gasteiger partial charge in [-0.25, -0.2) is 8.42 Å². The van der Waals surface area contributed by atoms with Crippen LogP contribution in [0.4, 0.5) is 17.1 Å². The van der Waals surface area contributed by atoms with Crippen molar-refractivity contribution in [3.63, 3.8) is 0 Å². The molecule has 1 amide bonds. The van der Waals surface area contributed by atoms with Crippen LogP contribution in [0.15, 0.2) is 64.0 Å². The number of amides is 1. The van der Waals surface area contributed by atoms with Gasteiger partial charge in [0.15, 0.2) is 0 Å². The number of nitro groups is 1. The van der Waals surface area contributed by atoms with E-state index in [2.05, 4.69) is 21.2 Å². The van der Waals surface area contributed by atoms with Crippen molar-refractivity contribution >= 4 is 59.7 Å². The topological polar surface area (TPSA) is 110 Å². The van der Waals surface area contributed by atoms with E-state index in [0.29, 0.717) is 21.2 Å². The van der Waals surface area contributed by atoms with Gasteiger partial charge in [-0.1, -0.05) is 24.3 Å². The Balaban J connectivity index is 1.63. The molecule has 0 saturated carbocycles. The number of carbonyl (C=O) groups excluding carboxylic acids is 1. The van der Waals surface area contributed by atoms with Crippen molar-refractivity contribution in [3.8, 4) is 0 Å². The van der Waals surface area contributed by atoms with Gasteiger partial charge in [0.25, 0.3) is 15.7 Å². The summed E-state index contributed by atoms with van der Waals surface area (Å²) < 4.78 is 27.2. The van der Waals surface area contributed by atoms with E-state index in [9.17, 15) is 23.3 Å². The van der Waals surface area contributed by atoms with Crippen LogP contribution in [0.2, 0.25) is 0 Å². The van der Waals surface area contributed by atoms with Crippen LogP contribution < -0.4 is 9.62 Å². The minimum Gasteiger partial charge on any atom is -0.323 e. The van der Waals surface area contributed by atoms with Gasteiger partial charge in [-0.15, -0.1) is 0 Å². The van der Waals surface area contributed by atoms with Gasteiger partial charge < -0.3 is 5.32 Å². The lowest BCUT2D eigenvalue weighted by Gasteiger charge is -2.18. The van der Waals surface area contributed by atoms with E-state index >= 15 is 0 Å². The Kier molecular flexibility index (Phi) is 4.31. The van der Waals surface area contributed by atoms with Crippen LogP contribution in [0, 0.1) is 10.1 Å². The largest absolute Gasteiger partial charge is 0.323 e. The zero-order valence-electron chi connectivity index (χ0n) is 14.1. The molecule has 0 fully saturated rings. The van der Waals surface area contributed by atoms with E-state index < -0.39 is 27.4 Å². The summed E-state index contributed by atoms with van der Waals surface area (Å²) in [7, 11) is -3.84. The predicted molar refractivity (Wildman–Crippen MR) is 108 cm³/mol. The molecule has 142 valence electrons. The highest BCUT2D eigenvalue weighted by Gasteiger charge is 2.36. The van der Waals surface area contributed by atoms with E-state index in [1.165, 1.54) is 24.3 Å². The third kappa shape index (κ3) is 2.90. The number of anilines is 2. The lowest BCUT2D eigenvalue weighted by atomic mass is 10.1. The minimum atomic E-state index is -3.84. The maximum absolute atomic E-state index is 12.9. The van der Waals surface area contributed by atoms with Crippen LogP contribution in [0.3, 0.4) is 0 Å². The molecule has 0 unspecified atom stereocenters. The smallest absolute Gasteiger partial charge is 0.270 e. The fraction of sp³-hybridized carbons (Fsp3) is 0.0556. The summed E-state index contributed by atoms with van der Waals surface area (Å²) in [4.78, 5) is 23.0.